The highest BCUT2D eigenvalue weighted by atomic mass is 15.1. The average Bonchev–Trinajstić information content (AvgIpc) is 2.57. The van der Waals surface area contributed by atoms with Crippen LogP contribution in [-0.4, -0.2) is 29.1 Å². The molecule has 0 aliphatic carbocycles. The van der Waals surface area contributed by atoms with E-state index in [1.807, 2.05) is 24.8 Å². The first kappa shape index (κ1) is 14.0. The number of piperidine rings is 1. The Morgan fingerprint density at radius 3 is 2.19 bits per heavy atom. The molecule has 0 bridgehead atoms. The van der Waals surface area contributed by atoms with Crippen LogP contribution < -0.4 is 10.2 Å². The minimum atomic E-state index is 0.380. The zero-order valence-electron chi connectivity index (χ0n) is 12.4. The summed E-state index contributed by atoms with van der Waals surface area (Å²) >= 11 is 0. The summed E-state index contributed by atoms with van der Waals surface area (Å²) in [6.45, 7) is 4.43. The van der Waals surface area contributed by atoms with Crippen LogP contribution in [0.5, 0.6) is 0 Å². The molecular formula is C17H22N4. The second-order valence-electron chi connectivity index (χ2n) is 5.64. The second kappa shape index (κ2) is 6.68. The number of hydrogen-bond donors (Lipinski definition) is 1. The second-order valence-corrected chi connectivity index (χ2v) is 5.64. The van der Waals surface area contributed by atoms with Crippen molar-refractivity contribution in [3.05, 3.63) is 54.6 Å². The molecule has 4 heteroatoms. The van der Waals surface area contributed by atoms with Gasteiger partial charge in [-0.2, -0.15) is 0 Å². The van der Waals surface area contributed by atoms with E-state index >= 15 is 0 Å². The van der Waals surface area contributed by atoms with Crippen LogP contribution in [-0.2, 0) is 0 Å². The van der Waals surface area contributed by atoms with Crippen LogP contribution in [0.3, 0.4) is 0 Å². The number of pyridine rings is 2. The van der Waals surface area contributed by atoms with Crippen LogP contribution in [0, 0.1) is 0 Å². The van der Waals surface area contributed by atoms with Gasteiger partial charge in [0.2, 0.25) is 0 Å². The Bertz CT molecular complexity index is 535. The summed E-state index contributed by atoms with van der Waals surface area (Å²) in [6, 6.07) is 9.32. The van der Waals surface area contributed by atoms with Crippen molar-refractivity contribution in [2.45, 2.75) is 31.8 Å². The zero-order valence-corrected chi connectivity index (χ0v) is 12.4. The predicted octanol–water partition coefficient (Wildman–Crippen LogP) is 2.80. The lowest BCUT2D eigenvalue weighted by atomic mass is 10.0. The van der Waals surface area contributed by atoms with Gasteiger partial charge in [-0.15, -0.1) is 0 Å². The van der Waals surface area contributed by atoms with E-state index in [0.717, 1.165) is 13.1 Å². The molecule has 2 aromatic rings. The molecule has 1 aliphatic rings. The Balaban J connectivity index is 1.52. The lowest BCUT2D eigenvalue weighted by Crippen LogP contribution is -2.43. The van der Waals surface area contributed by atoms with Gasteiger partial charge in [-0.25, -0.2) is 0 Å². The zero-order chi connectivity index (χ0) is 14.5. The van der Waals surface area contributed by atoms with Gasteiger partial charge in [0.25, 0.3) is 0 Å². The van der Waals surface area contributed by atoms with E-state index in [0.29, 0.717) is 12.1 Å². The van der Waals surface area contributed by atoms with Crippen LogP contribution in [0.1, 0.15) is 31.4 Å². The highest BCUT2D eigenvalue weighted by Crippen LogP contribution is 2.21. The Hall–Kier alpha value is -1.94. The van der Waals surface area contributed by atoms with Crippen molar-refractivity contribution in [3.63, 3.8) is 0 Å². The molecule has 21 heavy (non-hydrogen) atoms. The van der Waals surface area contributed by atoms with Gasteiger partial charge in [0.1, 0.15) is 0 Å². The van der Waals surface area contributed by atoms with Crippen molar-refractivity contribution in [3.8, 4) is 0 Å². The van der Waals surface area contributed by atoms with Crippen molar-refractivity contribution in [1.82, 2.24) is 15.3 Å². The third-order valence-electron chi connectivity index (χ3n) is 4.21. The van der Waals surface area contributed by atoms with Crippen LogP contribution in [0.2, 0.25) is 0 Å². The summed E-state index contributed by atoms with van der Waals surface area (Å²) in [5.74, 6) is 0. The number of rotatable bonds is 4. The topological polar surface area (TPSA) is 41.0 Å². The van der Waals surface area contributed by atoms with Gasteiger partial charge in [-0.3, -0.25) is 9.97 Å². The molecule has 1 fully saturated rings. The quantitative estimate of drug-likeness (QED) is 0.936. The molecule has 2 aromatic heterocycles. The molecule has 1 N–H and O–H groups in total. The number of anilines is 1. The van der Waals surface area contributed by atoms with Crippen LogP contribution in [0.4, 0.5) is 5.69 Å². The van der Waals surface area contributed by atoms with E-state index in [-0.39, 0.29) is 0 Å². The van der Waals surface area contributed by atoms with Gasteiger partial charge in [0, 0.05) is 55.6 Å². The number of nitrogens with zero attached hydrogens (tertiary/aromatic N) is 3. The Labute approximate surface area is 126 Å². The third kappa shape index (κ3) is 3.58. The van der Waals surface area contributed by atoms with Gasteiger partial charge in [0.05, 0.1) is 0 Å². The van der Waals surface area contributed by atoms with Gasteiger partial charge >= 0.3 is 0 Å². The average molecular weight is 282 g/mol. The summed E-state index contributed by atoms with van der Waals surface area (Å²) in [7, 11) is 0. The first-order valence-electron chi connectivity index (χ1n) is 7.64. The molecule has 0 saturated carbocycles. The van der Waals surface area contributed by atoms with Crippen molar-refractivity contribution in [1.29, 1.82) is 0 Å². The molecule has 0 radical (unpaired) electrons. The number of hydrogen-bond acceptors (Lipinski definition) is 4. The van der Waals surface area contributed by atoms with E-state index in [2.05, 4.69) is 51.4 Å². The Morgan fingerprint density at radius 2 is 1.57 bits per heavy atom. The number of aromatic nitrogens is 2. The highest BCUT2D eigenvalue weighted by molar-refractivity contribution is 5.44. The Kier molecular flexibility index (Phi) is 4.46. The molecule has 3 rings (SSSR count). The van der Waals surface area contributed by atoms with Crippen molar-refractivity contribution in [2.75, 3.05) is 18.0 Å². The molecule has 0 aromatic carbocycles. The van der Waals surface area contributed by atoms with E-state index in [1.165, 1.54) is 24.1 Å². The minimum absolute atomic E-state index is 0.380. The van der Waals surface area contributed by atoms with E-state index < -0.39 is 0 Å². The van der Waals surface area contributed by atoms with E-state index in [4.69, 9.17) is 0 Å². The largest absolute Gasteiger partial charge is 0.371 e. The summed E-state index contributed by atoms with van der Waals surface area (Å²) in [4.78, 5) is 10.6. The summed E-state index contributed by atoms with van der Waals surface area (Å²) in [6.07, 6.45) is 9.81. The molecule has 1 aliphatic heterocycles. The van der Waals surface area contributed by atoms with Crippen LogP contribution >= 0.6 is 0 Å². The van der Waals surface area contributed by atoms with Crippen LogP contribution in [0.25, 0.3) is 0 Å². The smallest absolute Gasteiger partial charge is 0.0397 e. The van der Waals surface area contributed by atoms with Gasteiger partial charge in [0.15, 0.2) is 0 Å². The van der Waals surface area contributed by atoms with Crippen molar-refractivity contribution >= 4 is 5.69 Å². The maximum atomic E-state index is 4.08. The Morgan fingerprint density at radius 1 is 1.00 bits per heavy atom. The molecule has 0 amide bonds. The molecule has 1 saturated heterocycles. The fourth-order valence-electron chi connectivity index (χ4n) is 2.96. The van der Waals surface area contributed by atoms with Gasteiger partial charge in [-0.05, 0) is 49.6 Å². The maximum Gasteiger partial charge on any atom is 0.0397 e. The van der Waals surface area contributed by atoms with E-state index in [9.17, 15) is 0 Å². The van der Waals surface area contributed by atoms with Gasteiger partial charge in [-0.1, -0.05) is 0 Å². The molecule has 0 spiro atoms. The highest BCUT2D eigenvalue weighted by Gasteiger charge is 2.20. The van der Waals surface area contributed by atoms with Gasteiger partial charge < -0.3 is 10.2 Å². The summed E-state index contributed by atoms with van der Waals surface area (Å²) in [5, 5.41) is 3.74. The number of nitrogens with one attached hydrogen (secondary N) is 1. The lowest BCUT2D eigenvalue weighted by Gasteiger charge is -2.35. The van der Waals surface area contributed by atoms with Crippen LogP contribution in [0.15, 0.2) is 49.1 Å². The van der Waals surface area contributed by atoms with Crippen molar-refractivity contribution in [2.24, 2.45) is 0 Å². The minimum Gasteiger partial charge on any atom is -0.371 e. The van der Waals surface area contributed by atoms with Crippen molar-refractivity contribution < 1.29 is 0 Å². The molecule has 3 heterocycles. The monoisotopic (exact) mass is 282 g/mol. The predicted molar refractivity (Wildman–Crippen MR) is 85.3 cm³/mol. The first-order chi connectivity index (χ1) is 10.3. The molecule has 0 unspecified atom stereocenters. The normalized spacial score (nSPS) is 17.7. The fourth-order valence-corrected chi connectivity index (χ4v) is 2.96. The molecule has 1 atom stereocenters. The summed E-state index contributed by atoms with van der Waals surface area (Å²) < 4.78 is 0. The SMILES string of the molecule is C[C@@H](NC1CCN(c2ccncc2)CC1)c1ccncc1. The molecule has 110 valence electrons. The molecular weight excluding hydrogens is 260 g/mol. The third-order valence-corrected chi connectivity index (χ3v) is 4.21. The van der Waals surface area contributed by atoms with E-state index in [1.54, 1.807) is 0 Å². The standard InChI is InChI=1S/C17H22N4/c1-14(15-2-8-18-9-3-15)20-16-6-12-21(13-7-16)17-4-10-19-11-5-17/h2-5,8-11,14,16,20H,6-7,12-13H2,1H3/t14-/m1/s1. The summed E-state index contributed by atoms with van der Waals surface area (Å²) in [5.41, 5.74) is 2.59. The molecule has 4 nitrogen and oxygen atoms in total. The fraction of sp³-hybridized carbons (Fsp3) is 0.412. The maximum absolute atomic E-state index is 4.08. The first-order valence-corrected chi connectivity index (χ1v) is 7.64. The lowest BCUT2D eigenvalue weighted by molar-refractivity contribution is 0.381.